The molecule has 0 N–H and O–H groups in total. The van der Waals surface area contributed by atoms with Crippen molar-refractivity contribution in [3.63, 3.8) is 0 Å². The standard InChI is InChI=1S/C29H39NO12S/c1-14(31)30-23-21(41-27(30)36)12-29(26(35)37-5,43-28-9-18-6-19(10-28)8-20(7-18)11-28)42-25(23)24(40-17(4)34)22(39-16(3)33)13-38-15(2)32/h18-25H,6-13H2,1-5H3/t18?,19?,20?,21-,22-,23-,24-,25?,28?,29-/m1/s1. The number of imide groups is 1. The van der Waals surface area contributed by atoms with E-state index in [4.69, 9.17) is 28.4 Å². The molecule has 2 saturated heterocycles. The molecule has 2 aliphatic heterocycles. The summed E-state index contributed by atoms with van der Waals surface area (Å²) in [5.41, 5.74) is 0. The molecule has 6 atom stereocenters. The Hall–Kier alpha value is -2.87. The minimum Gasteiger partial charge on any atom is -0.466 e. The Balaban J connectivity index is 1.59. The fraction of sp³-hybridized carbons (Fsp3) is 0.793. The first-order valence-electron chi connectivity index (χ1n) is 14.7. The fourth-order valence-electron chi connectivity index (χ4n) is 8.32. The van der Waals surface area contributed by atoms with Crippen molar-refractivity contribution in [1.29, 1.82) is 0 Å². The number of rotatable bonds is 9. The molecule has 2 amide bonds. The maximum atomic E-state index is 13.8. The molecule has 0 aromatic heterocycles. The van der Waals surface area contributed by atoms with Crippen LogP contribution in [0.15, 0.2) is 0 Å². The molecule has 4 bridgehead atoms. The van der Waals surface area contributed by atoms with Gasteiger partial charge in [-0.1, -0.05) is 0 Å². The minimum atomic E-state index is -1.71. The molecular weight excluding hydrogens is 586 g/mol. The average molecular weight is 626 g/mol. The lowest BCUT2D eigenvalue weighted by molar-refractivity contribution is -0.219. The lowest BCUT2D eigenvalue weighted by Crippen LogP contribution is -2.66. The van der Waals surface area contributed by atoms with E-state index in [1.807, 2.05) is 0 Å². The highest BCUT2D eigenvalue weighted by Crippen LogP contribution is 2.64. The van der Waals surface area contributed by atoms with Crippen LogP contribution in [0.3, 0.4) is 0 Å². The number of esters is 4. The number of methoxy groups -OCH3 is 1. The Labute approximate surface area is 253 Å². The molecule has 14 heteroatoms. The van der Waals surface area contributed by atoms with Gasteiger partial charge in [0.25, 0.3) is 0 Å². The lowest BCUT2D eigenvalue weighted by atomic mass is 9.56. The summed E-state index contributed by atoms with van der Waals surface area (Å²) < 4.78 is 33.6. The highest BCUT2D eigenvalue weighted by atomic mass is 32.2. The Bertz CT molecular complexity index is 1150. The van der Waals surface area contributed by atoms with E-state index < -0.39 is 77.9 Å². The molecule has 6 rings (SSSR count). The summed E-state index contributed by atoms with van der Waals surface area (Å²) in [7, 11) is 1.24. The number of amides is 2. The Morgan fingerprint density at radius 1 is 0.907 bits per heavy atom. The van der Waals surface area contributed by atoms with E-state index in [9.17, 15) is 28.8 Å². The second kappa shape index (κ2) is 11.9. The van der Waals surface area contributed by atoms with E-state index >= 15 is 0 Å². The zero-order chi connectivity index (χ0) is 31.3. The van der Waals surface area contributed by atoms with Crippen LogP contribution in [0.2, 0.25) is 0 Å². The second-order valence-corrected chi connectivity index (χ2v) is 14.3. The number of carbonyl (C=O) groups excluding carboxylic acids is 6. The zero-order valence-corrected chi connectivity index (χ0v) is 25.8. The van der Waals surface area contributed by atoms with Gasteiger partial charge in [-0.15, -0.1) is 11.8 Å². The summed E-state index contributed by atoms with van der Waals surface area (Å²) in [6.07, 6.45) is -0.223. The molecule has 238 valence electrons. The van der Waals surface area contributed by atoms with Gasteiger partial charge in [0.15, 0.2) is 12.2 Å². The molecule has 2 heterocycles. The van der Waals surface area contributed by atoms with Gasteiger partial charge in [-0.2, -0.15) is 0 Å². The normalized spacial score (nSPS) is 37.0. The summed E-state index contributed by atoms with van der Waals surface area (Å²) in [5, 5.41) is 0. The molecular formula is C29H39NO12S. The largest absolute Gasteiger partial charge is 0.466 e. The highest BCUT2D eigenvalue weighted by molar-refractivity contribution is 8.02. The van der Waals surface area contributed by atoms with E-state index in [0.717, 1.165) is 64.2 Å². The third kappa shape index (κ3) is 6.22. The van der Waals surface area contributed by atoms with Crippen molar-refractivity contribution in [2.24, 2.45) is 17.8 Å². The average Bonchev–Trinajstić information content (AvgIpc) is 3.22. The molecule has 6 fully saturated rings. The minimum absolute atomic E-state index is 0.113. The molecule has 13 nitrogen and oxygen atoms in total. The van der Waals surface area contributed by atoms with Crippen molar-refractivity contribution >= 4 is 47.6 Å². The summed E-state index contributed by atoms with van der Waals surface area (Å²) in [5.74, 6) is -1.99. The lowest BCUT2D eigenvalue weighted by Gasteiger charge is -2.59. The van der Waals surface area contributed by atoms with Crippen molar-refractivity contribution in [3.8, 4) is 0 Å². The summed E-state index contributed by atoms with van der Waals surface area (Å²) in [4.78, 5) is 75.0. The van der Waals surface area contributed by atoms with Gasteiger partial charge in [0.2, 0.25) is 10.8 Å². The topological polar surface area (TPSA) is 161 Å². The van der Waals surface area contributed by atoms with Gasteiger partial charge >= 0.3 is 30.0 Å². The van der Waals surface area contributed by atoms with Gasteiger partial charge in [-0.3, -0.25) is 19.2 Å². The Kier molecular flexibility index (Phi) is 8.73. The molecule has 0 spiro atoms. The van der Waals surface area contributed by atoms with Crippen molar-refractivity contribution in [2.45, 2.75) is 113 Å². The number of hydrogen-bond donors (Lipinski definition) is 0. The van der Waals surface area contributed by atoms with E-state index in [2.05, 4.69) is 0 Å². The molecule has 0 aromatic carbocycles. The SMILES string of the molecule is COC(=O)[C@]1(SC23CC4CC(CC(C4)C2)C3)C[C@H]2OC(=O)N(C(C)=O)[C@H]2C([C@H](OC(C)=O)[C@@H](COC(C)=O)OC(C)=O)O1. The Morgan fingerprint density at radius 3 is 1.98 bits per heavy atom. The molecule has 43 heavy (non-hydrogen) atoms. The van der Waals surface area contributed by atoms with Gasteiger partial charge in [0, 0.05) is 38.9 Å². The van der Waals surface area contributed by atoms with Crippen LogP contribution in [0.1, 0.15) is 72.6 Å². The summed E-state index contributed by atoms with van der Waals surface area (Å²) in [6, 6.07) is -1.15. The third-order valence-corrected chi connectivity index (χ3v) is 10.9. The van der Waals surface area contributed by atoms with E-state index in [-0.39, 0.29) is 11.2 Å². The number of carbonyl (C=O) groups is 6. The molecule has 6 aliphatic rings. The van der Waals surface area contributed by atoms with Crippen molar-refractivity contribution < 1.29 is 57.2 Å². The quantitative estimate of drug-likeness (QED) is 0.272. The van der Waals surface area contributed by atoms with Crippen LogP contribution in [-0.2, 0) is 52.4 Å². The van der Waals surface area contributed by atoms with Gasteiger partial charge in [0.05, 0.1) is 7.11 Å². The van der Waals surface area contributed by atoms with Gasteiger partial charge in [-0.25, -0.2) is 14.5 Å². The molecule has 4 saturated carbocycles. The smallest absolute Gasteiger partial charge is 0.417 e. The van der Waals surface area contributed by atoms with E-state index in [1.165, 1.54) is 25.8 Å². The van der Waals surface area contributed by atoms with Crippen molar-refractivity contribution in [3.05, 3.63) is 0 Å². The summed E-state index contributed by atoms with van der Waals surface area (Å²) in [6.45, 7) is 4.06. The molecule has 1 unspecified atom stereocenters. The van der Waals surface area contributed by atoms with Crippen LogP contribution in [0.25, 0.3) is 0 Å². The van der Waals surface area contributed by atoms with Crippen LogP contribution < -0.4 is 0 Å². The number of ether oxygens (including phenoxy) is 6. The van der Waals surface area contributed by atoms with Crippen molar-refractivity contribution in [1.82, 2.24) is 4.90 Å². The number of thioether (sulfide) groups is 1. The van der Waals surface area contributed by atoms with Gasteiger partial charge < -0.3 is 28.4 Å². The number of nitrogens with zero attached hydrogens (tertiary/aromatic N) is 1. The predicted octanol–water partition coefficient (Wildman–Crippen LogP) is 2.51. The van der Waals surface area contributed by atoms with Crippen LogP contribution in [-0.4, -0.2) is 94.6 Å². The summed E-state index contributed by atoms with van der Waals surface area (Å²) >= 11 is 1.38. The van der Waals surface area contributed by atoms with Crippen molar-refractivity contribution in [2.75, 3.05) is 13.7 Å². The first kappa shape index (κ1) is 31.6. The molecule has 0 aromatic rings. The van der Waals surface area contributed by atoms with Crippen LogP contribution in [0.5, 0.6) is 0 Å². The zero-order valence-electron chi connectivity index (χ0n) is 25.0. The third-order valence-electron chi connectivity index (χ3n) is 9.22. The van der Waals surface area contributed by atoms with Gasteiger partial charge in [0.1, 0.15) is 24.9 Å². The first-order chi connectivity index (χ1) is 20.2. The first-order valence-corrected chi connectivity index (χ1v) is 15.5. The van der Waals surface area contributed by atoms with E-state index in [0.29, 0.717) is 17.8 Å². The van der Waals surface area contributed by atoms with Gasteiger partial charge in [-0.05, 0) is 56.3 Å². The predicted molar refractivity (Wildman–Crippen MR) is 147 cm³/mol. The number of hydrogen-bond acceptors (Lipinski definition) is 13. The monoisotopic (exact) mass is 625 g/mol. The van der Waals surface area contributed by atoms with Crippen LogP contribution in [0, 0.1) is 17.8 Å². The fourth-order valence-corrected chi connectivity index (χ4v) is 10.6. The molecule has 4 aliphatic carbocycles. The second-order valence-electron chi connectivity index (χ2n) is 12.6. The van der Waals surface area contributed by atoms with Crippen LogP contribution >= 0.6 is 11.8 Å². The van der Waals surface area contributed by atoms with E-state index in [1.54, 1.807) is 0 Å². The van der Waals surface area contributed by atoms with Crippen LogP contribution in [0.4, 0.5) is 4.79 Å². The Morgan fingerprint density at radius 2 is 1.49 bits per heavy atom. The molecule has 0 radical (unpaired) electrons. The highest BCUT2D eigenvalue weighted by Gasteiger charge is 2.66. The maximum absolute atomic E-state index is 13.8. The maximum Gasteiger partial charge on any atom is 0.417 e. The number of fused-ring (bicyclic) bond motifs is 1.